The molecule has 0 aliphatic heterocycles. The molecular weight excluding hydrogens is 216 g/mol. The molecule has 1 saturated carbocycles. The van der Waals surface area contributed by atoms with E-state index in [2.05, 4.69) is 5.32 Å². The Balaban J connectivity index is 2.22. The van der Waals surface area contributed by atoms with Crippen LogP contribution in [-0.4, -0.2) is 49.7 Å². The summed E-state index contributed by atoms with van der Waals surface area (Å²) in [5, 5.41) is 12.8. The average Bonchev–Trinajstić information content (AvgIpc) is 2.35. The van der Waals surface area contributed by atoms with E-state index in [9.17, 15) is 9.90 Å². The third kappa shape index (κ3) is 4.64. The fourth-order valence-corrected chi connectivity index (χ4v) is 2.47. The Bertz CT molecular complexity index is 236. The topological polar surface area (TPSA) is 52.6 Å². The predicted molar refractivity (Wildman–Crippen MR) is 68.8 cm³/mol. The summed E-state index contributed by atoms with van der Waals surface area (Å²) in [6.07, 6.45) is 6.49. The quantitative estimate of drug-likeness (QED) is 0.683. The molecule has 2 N–H and O–H groups in total. The molecule has 1 fully saturated rings. The van der Waals surface area contributed by atoms with Gasteiger partial charge in [0, 0.05) is 45.6 Å². The van der Waals surface area contributed by atoms with E-state index in [1.54, 1.807) is 19.0 Å². The normalized spacial score (nSPS) is 19.0. The first-order valence-corrected chi connectivity index (χ1v) is 6.61. The number of amides is 1. The maximum absolute atomic E-state index is 11.4. The summed E-state index contributed by atoms with van der Waals surface area (Å²) in [5.74, 6) is 0.152. The molecular formula is C13H26N2O2. The number of carbonyl (C=O) groups is 1. The largest absolute Gasteiger partial charge is 0.396 e. The molecule has 17 heavy (non-hydrogen) atoms. The smallest absolute Gasteiger partial charge is 0.223 e. The summed E-state index contributed by atoms with van der Waals surface area (Å²) in [6, 6.07) is 0. The molecule has 0 aromatic rings. The first-order chi connectivity index (χ1) is 8.09. The van der Waals surface area contributed by atoms with E-state index in [0.717, 1.165) is 19.4 Å². The van der Waals surface area contributed by atoms with Crippen LogP contribution in [0.3, 0.4) is 0 Å². The van der Waals surface area contributed by atoms with Crippen molar-refractivity contribution in [2.75, 3.05) is 33.8 Å². The Kier molecular flexibility index (Phi) is 5.92. The summed E-state index contributed by atoms with van der Waals surface area (Å²) in [6.45, 7) is 1.81. The molecule has 0 heterocycles. The third-order valence-corrected chi connectivity index (χ3v) is 3.76. The van der Waals surface area contributed by atoms with Crippen molar-refractivity contribution in [1.82, 2.24) is 10.2 Å². The van der Waals surface area contributed by atoms with E-state index in [1.807, 2.05) is 0 Å². The fraction of sp³-hybridized carbons (Fsp3) is 0.923. The van der Waals surface area contributed by atoms with Gasteiger partial charge in [0.05, 0.1) is 0 Å². The molecule has 0 aromatic heterocycles. The van der Waals surface area contributed by atoms with E-state index < -0.39 is 0 Å². The lowest BCUT2D eigenvalue weighted by Gasteiger charge is -2.35. The van der Waals surface area contributed by atoms with Crippen LogP contribution in [0, 0.1) is 5.41 Å². The molecule has 0 saturated heterocycles. The summed E-state index contributed by atoms with van der Waals surface area (Å²) in [4.78, 5) is 13.0. The van der Waals surface area contributed by atoms with Crippen LogP contribution < -0.4 is 5.32 Å². The molecule has 0 bridgehead atoms. The number of nitrogens with one attached hydrogen (secondary N) is 1. The molecule has 1 amide bonds. The lowest BCUT2D eigenvalue weighted by Crippen LogP contribution is -2.40. The molecule has 1 aliphatic rings. The second kappa shape index (κ2) is 6.97. The van der Waals surface area contributed by atoms with Crippen molar-refractivity contribution in [2.45, 2.75) is 38.5 Å². The molecule has 1 rings (SSSR count). The van der Waals surface area contributed by atoms with E-state index in [-0.39, 0.29) is 17.9 Å². The third-order valence-electron chi connectivity index (χ3n) is 3.76. The number of hydrogen-bond acceptors (Lipinski definition) is 3. The maximum Gasteiger partial charge on any atom is 0.223 e. The SMILES string of the molecule is CN(C)C(=O)CCNCC1(CO)CCCCC1. The number of hydrogen-bond donors (Lipinski definition) is 2. The van der Waals surface area contributed by atoms with Crippen LogP contribution in [0.15, 0.2) is 0 Å². The minimum Gasteiger partial charge on any atom is -0.396 e. The van der Waals surface area contributed by atoms with Crippen molar-refractivity contribution >= 4 is 5.91 Å². The highest BCUT2D eigenvalue weighted by Crippen LogP contribution is 2.35. The molecule has 0 radical (unpaired) electrons. The summed E-state index contributed by atoms with van der Waals surface area (Å²) in [5.41, 5.74) is 0.0689. The van der Waals surface area contributed by atoms with Crippen LogP contribution in [0.2, 0.25) is 0 Å². The Labute approximate surface area is 104 Å². The molecule has 1 aliphatic carbocycles. The van der Waals surface area contributed by atoms with Crippen LogP contribution in [0.5, 0.6) is 0 Å². The molecule has 4 heteroatoms. The Morgan fingerprint density at radius 1 is 1.29 bits per heavy atom. The van der Waals surface area contributed by atoms with E-state index >= 15 is 0 Å². The molecule has 0 atom stereocenters. The fourth-order valence-electron chi connectivity index (χ4n) is 2.47. The van der Waals surface area contributed by atoms with Gasteiger partial charge in [-0.05, 0) is 12.8 Å². The van der Waals surface area contributed by atoms with Gasteiger partial charge >= 0.3 is 0 Å². The second-order valence-corrected chi connectivity index (χ2v) is 5.43. The number of aliphatic hydroxyl groups excluding tert-OH is 1. The van der Waals surface area contributed by atoms with Crippen LogP contribution in [-0.2, 0) is 4.79 Å². The minimum atomic E-state index is 0.0689. The Morgan fingerprint density at radius 2 is 1.94 bits per heavy atom. The van der Waals surface area contributed by atoms with Crippen molar-refractivity contribution in [1.29, 1.82) is 0 Å². The molecule has 0 aromatic carbocycles. The number of rotatable bonds is 6. The highest BCUT2D eigenvalue weighted by molar-refractivity contribution is 5.75. The lowest BCUT2D eigenvalue weighted by molar-refractivity contribution is -0.128. The van der Waals surface area contributed by atoms with Crippen molar-refractivity contribution in [2.24, 2.45) is 5.41 Å². The molecule has 0 unspecified atom stereocenters. The lowest BCUT2D eigenvalue weighted by atomic mass is 9.74. The van der Waals surface area contributed by atoms with Gasteiger partial charge in [0.15, 0.2) is 0 Å². The molecule has 4 nitrogen and oxygen atoms in total. The Morgan fingerprint density at radius 3 is 2.47 bits per heavy atom. The van der Waals surface area contributed by atoms with Gasteiger partial charge in [-0.25, -0.2) is 0 Å². The van der Waals surface area contributed by atoms with E-state index in [0.29, 0.717) is 13.0 Å². The van der Waals surface area contributed by atoms with E-state index in [1.165, 1.54) is 19.3 Å². The van der Waals surface area contributed by atoms with Crippen molar-refractivity contribution in [3.05, 3.63) is 0 Å². The molecule has 100 valence electrons. The van der Waals surface area contributed by atoms with Gasteiger partial charge in [0.1, 0.15) is 0 Å². The van der Waals surface area contributed by atoms with Crippen molar-refractivity contribution < 1.29 is 9.90 Å². The van der Waals surface area contributed by atoms with Crippen molar-refractivity contribution in [3.63, 3.8) is 0 Å². The molecule has 0 spiro atoms. The van der Waals surface area contributed by atoms with Gasteiger partial charge in [-0.1, -0.05) is 19.3 Å². The van der Waals surface area contributed by atoms with Gasteiger partial charge in [-0.15, -0.1) is 0 Å². The van der Waals surface area contributed by atoms with Gasteiger partial charge in [0.25, 0.3) is 0 Å². The zero-order valence-electron chi connectivity index (χ0n) is 11.2. The standard InChI is InChI=1S/C13H26N2O2/c1-15(2)12(17)6-9-14-10-13(11-16)7-4-3-5-8-13/h14,16H,3-11H2,1-2H3. The van der Waals surface area contributed by atoms with Gasteiger partial charge in [0.2, 0.25) is 5.91 Å². The van der Waals surface area contributed by atoms with E-state index in [4.69, 9.17) is 0 Å². The Hall–Kier alpha value is -0.610. The summed E-state index contributed by atoms with van der Waals surface area (Å²) >= 11 is 0. The predicted octanol–water partition coefficient (Wildman–Crippen LogP) is 0.997. The zero-order chi connectivity index (χ0) is 12.7. The minimum absolute atomic E-state index is 0.0689. The monoisotopic (exact) mass is 242 g/mol. The van der Waals surface area contributed by atoms with Gasteiger partial charge in [-0.2, -0.15) is 0 Å². The van der Waals surface area contributed by atoms with Crippen LogP contribution in [0.1, 0.15) is 38.5 Å². The highest BCUT2D eigenvalue weighted by Gasteiger charge is 2.30. The van der Waals surface area contributed by atoms with Crippen LogP contribution in [0.25, 0.3) is 0 Å². The number of aliphatic hydroxyl groups is 1. The van der Waals surface area contributed by atoms with Crippen LogP contribution in [0.4, 0.5) is 0 Å². The van der Waals surface area contributed by atoms with Gasteiger partial charge < -0.3 is 15.3 Å². The number of carbonyl (C=O) groups excluding carboxylic acids is 1. The van der Waals surface area contributed by atoms with Gasteiger partial charge in [-0.3, -0.25) is 4.79 Å². The first-order valence-electron chi connectivity index (χ1n) is 6.61. The maximum atomic E-state index is 11.4. The summed E-state index contributed by atoms with van der Waals surface area (Å²) < 4.78 is 0. The number of nitrogens with zero attached hydrogens (tertiary/aromatic N) is 1. The van der Waals surface area contributed by atoms with Crippen LogP contribution >= 0.6 is 0 Å². The summed E-state index contributed by atoms with van der Waals surface area (Å²) in [7, 11) is 3.55. The zero-order valence-corrected chi connectivity index (χ0v) is 11.2. The highest BCUT2D eigenvalue weighted by atomic mass is 16.3. The second-order valence-electron chi connectivity index (χ2n) is 5.43. The first kappa shape index (κ1) is 14.5. The average molecular weight is 242 g/mol. The van der Waals surface area contributed by atoms with Crippen molar-refractivity contribution in [3.8, 4) is 0 Å².